The number of nitrogens with zero attached hydrogens (tertiary/aromatic N) is 1. The third kappa shape index (κ3) is 4.37. The van der Waals surface area contributed by atoms with Gasteiger partial charge in [0.1, 0.15) is 0 Å². The van der Waals surface area contributed by atoms with Crippen LogP contribution in [0.3, 0.4) is 0 Å². The first-order valence-electron chi connectivity index (χ1n) is 4.87. The van der Waals surface area contributed by atoms with Gasteiger partial charge in [-0.25, -0.2) is 0 Å². The Morgan fingerprint density at radius 1 is 1.42 bits per heavy atom. The molecule has 0 spiro atoms. The molecule has 0 saturated carbocycles. The van der Waals surface area contributed by atoms with Crippen LogP contribution in [-0.4, -0.2) is 12.3 Å². The highest BCUT2D eigenvalue weighted by atomic mass is 15.3. The fraction of sp³-hybridized carbons (Fsp3) is 0.900. The smallest absolute Gasteiger partial charge is 0.0417 e. The van der Waals surface area contributed by atoms with Gasteiger partial charge in [-0.2, -0.15) is 5.10 Å². The topological polar surface area (TPSA) is 24.4 Å². The minimum absolute atomic E-state index is 0.423. The van der Waals surface area contributed by atoms with E-state index in [2.05, 4.69) is 31.3 Å². The van der Waals surface area contributed by atoms with Crippen LogP contribution in [0.2, 0.25) is 0 Å². The van der Waals surface area contributed by atoms with Crippen LogP contribution in [0.15, 0.2) is 5.10 Å². The van der Waals surface area contributed by atoms with Crippen LogP contribution in [0.4, 0.5) is 0 Å². The summed E-state index contributed by atoms with van der Waals surface area (Å²) in [6.07, 6.45) is 4.26. The molecule has 1 rings (SSSR count). The maximum atomic E-state index is 4.07. The molecule has 0 saturated heterocycles. The highest BCUT2D eigenvalue weighted by Crippen LogP contribution is 2.26. The quantitative estimate of drug-likeness (QED) is 0.594. The molecule has 2 nitrogen and oxygen atoms in total. The first-order valence-corrected chi connectivity index (χ1v) is 4.87. The van der Waals surface area contributed by atoms with E-state index in [0.29, 0.717) is 11.5 Å². The van der Waals surface area contributed by atoms with Crippen molar-refractivity contribution in [1.82, 2.24) is 5.43 Å². The molecule has 0 radical (unpaired) electrons. The molecule has 1 unspecified atom stereocenters. The molecule has 0 aromatic heterocycles. The predicted molar refractivity (Wildman–Crippen MR) is 55.5 cm³/mol. The second-order valence-corrected chi connectivity index (χ2v) is 3.91. The second-order valence-electron chi connectivity index (χ2n) is 3.91. The maximum Gasteiger partial charge on any atom is 0.0417 e. The molecule has 0 amide bonds. The Labute approximate surface area is 76.4 Å². The van der Waals surface area contributed by atoms with Crippen LogP contribution >= 0.6 is 0 Å². The molecule has 1 aliphatic rings. The van der Waals surface area contributed by atoms with Crippen LogP contribution in [0.5, 0.6) is 0 Å². The molecule has 1 N–H and O–H groups in total. The van der Waals surface area contributed by atoms with Gasteiger partial charge in [-0.15, -0.1) is 0 Å². The highest BCUT2D eigenvalue weighted by Gasteiger charge is 2.21. The van der Waals surface area contributed by atoms with Gasteiger partial charge in [-0.1, -0.05) is 27.7 Å². The minimum atomic E-state index is 0.423. The maximum absolute atomic E-state index is 4.07. The molecule has 1 atom stereocenters. The average Bonchev–Trinajstić information content (AvgIpc) is 2.14. The van der Waals surface area contributed by atoms with Gasteiger partial charge in [0.15, 0.2) is 0 Å². The van der Waals surface area contributed by atoms with E-state index >= 15 is 0 Å². The van der Waals surface area contributed by atoms with Crippen LogP contribution in [0.1, 0.15) is 47.5 Å². The molecule has 0 aromatic rings. The Bertz CT molecular complexity index is 139. The van der Waals surface area contributed by atoms with E-state index in [9.17, 15) is 0 Å². The largest absolute Gasteiger partial charge is 0.308 e. The summed E-state index contributed by atoms with van der Waals surface area (Å²) in [5.74, 6) is 0. The van der Waals surface area contributed by atoms with Gasteiger partial charge < -0.3 is 5.43 Å². The lowest BCUT2D eigenvalue weighted by Gasteiger charge is -2.23. The lowest BCUT2D eigenvalue weighted by Crippen LogP contribution is -2.24. The third-order valence-electron chi connectivity index (χ3n) is 1.89. The van der Waals surface area contributed by atoms with Gasteiger partial charge in [-0.3, -0.25) is 0 Å². The normalized spacial score (nSPS) is 26.2. The number of hydrogen-bond donors (Lipinski definition) is 1. The Balaban J connectivity index is 0.000000561. The third-order valence-corrected chi connectivity index (χ3v) is 1.89. The number of nitrogens with one attached hydrogen (secondary N) is 1. The Morgan fingerprint density at radius 3 is 2.58 bits per heavy atom. The van der Waals surface area contributed by atoms with Crippen molar-refractivity contribution in [2.45, 2.75) is 53.5 Å². The molecule has 12 heavy (non-hydrogen) atoms. The summed E-state index contributed by atoms with van der Waals surface area (Å²) >= 11 is 0. The van der Waals surface area contributed by atoms with E-state index in [4.69, 9.17) is 0 Å². The fourth-order valence-corrected chi connectivity index (χ4v) is 1.43. The molecule has 1 heterocycles. The van der Waals surface area contributed by atoms with Gasteiger partial charge >= 0.3 is 0 Å². The second kappa shape index (κ2) is 5.18. The number of hydrogen-bond acceptors (Lipinski definition) is 2. The molecule has 0 fully saturated rings. The number of rotatable bonds is 0. The van der Waals surface area contributed by atoms with Gasteiger partial charge in [0.25, 0.3) is 0 Å². The summed E-state index contributed by atoms with van der Waals surface area (Å²) in [5, 5.41) is 4.07. The van der Waals surface area contributed by atoms with Crippen molar-refractivity contribution in [3.05, 3.63) is 0 Å². The average molecular weight is 170 g/mol. The first-order chi connectivity index (χ1) is 5.60. The fourth-order valence-electron chi connectivity index (χ4n) is 1.43. The molecule has 0 bridgehead atoms. The van der Waals surface area contributed by atoms with Crippen molar-refractivity contribution in [3.63, 3.8) is 0 Å². The molecule has 1 aliphatic heterocycles. The van der Waals surface area contributed by atoms with E-state index < -0.39 is 0 Å². The molecular weight excluding hydrogens is 148 g/mol. The summed E-state index contributed by atoms with van der Waals surface area (Å²) in [6.45, 7) is 10.7. The van der Waals surface area contributed by atoms with Crippen LogP contribution < -0.4 is 5.43 Å². The van der Waals surface area contributed by atoms with Gasteiger partial charge in [-0.05, 0) is 25.2 Å². The van der Waals surface area contributed by atoms with Crippen molar-refractivity contribution in [2.24, 2.45) is 10.5 Å². The van der Waals surface area contributed by atoms with Crippen LogP contribution in [0.25, 0.3) is 0 Å². The van der Waals surface area contributed by atoms with Gasteiger partial charge in [0, 0.05) is 12.3 Å². The zero-order valence-corrected chi connectivity index (χ0v) is 9.02. The Hall–Kier alpha value is -0.530. The highest BCUT2D eigenvalue weighted by molar-refractivity contribution is 5.58. The molecule has 2 heteroatoms. The van der Waals surface area contributed by atoms with Crippen LogP contribution in [-0.2, 0) is 0 Å². The zero-order valence-electron chi connectivity index (χ0n) is 9.02. The van der Waals surface area contributed by atoms with Crippen molar-refractivity contribution >= 4 is 6.21 Å². The molecular formula is C10H22N2. The summed E-state index contributed by atoms with van der Waals surface area (Å²) in [4.78, 5) is 0. The Morgan fingerprint density at radius 2 is 2.00 bits per heavy atom. The lowest BCUT2D eigenvalue weighted by atomic mass is 9.84. The summed E-state index contributed by atoms with van der Waals surface area (Å²) in [6, 6.07) is 0.522. The Kier molecular flexibility index (Phi) is 4.95. The molecule has 0 aromatic carbocycles. The van der Waals surface area contributed by atoms with Gasteiger partial charge in [0.05, 0.1) is 0 Å². The van der Waals surface area contributed by atoms with E-state index in [1.165, 1.54) is 6.42 Å². The van der Waals surface area contributed by atoms with Crippen molar-refractivity contribution in [1.29, 1.82) is 0 Å². The lowest BCUT2D eigenvalue weighted by molar-refractivity contribution is 0.315. The summed E-state index contributed by atoms with van der Waals surface area (Å²) in [5.41, 5.74) is 3.49. The van der Waals surface area contributed by atoms with E-state index in [0.717, 1.165) is 6.42 Å². The van der Waals surface area contributed by atoms with Crippen molar-refractivity contribution < 1.29 is 0 Å². The first kappa shape index (κ1) is 11.5. The standard InChI is InChI=1S/C8H16N2.C2H6/c1-7-6-8(2,3)4-5-9-10-7;1-2/h5,7,10H,4,6H2,1-3H3;1-2H3. The monoisotopic (exact) mass is 170 g/mol. The molecule has 0 aliphatic carbocycles. The summed E-state index contributed by atoms with van der Waals surface area (Å²) < 4.78 is 0. The zero-order chi connectivity index (χ0) is 9.61. The number of hydrazone groups is 1. The van der Waals surface area contributed by atoms with Crippen molar-refractivity contribution in [3.8, 4) is 0 Å². The molecule has 72 valence electrons. The van der Waals surface area contributed by atoms with Crippen LogP contribution in [0, 0.1) is 5.41 Å². The SMILES string of the molecule is CC.CC1CC(C)(C)CC=NN1. The minimum Gasteiger partial charge on any atom is -0.308 e. The van der Waals surface area contributed by atoms with Crippen molar-refractivity contribution in [2.75, 3.05) is 0 Å². The van der Waals surface area contributed by atoms with E-state index in [-0.39, 0.29) is 0 Å². The summed E-state index contributed by atoms with van der Waals surface area (Å²) in [7, 11) is 0. The van der Waals surface area contributed by atoms with Gasteiger partial charge in [0.2, 0.25) is 0 Å². The van der Waals surface area contributed by atoms with E-state index in [1.54, 1.807) is 0 Å². The van der Waals surface area contributed by atoms with E-state index in [1.807, 2.05) is 20.1 Å². The predicted octanol–water partition coefficient (Wildman–Crippen LogP) is 2.80.